The molecule has 8 nitrogen and oxygen atoms in total. The molecule has 0 bridgehead atoms. The molecule has 0 spiro atoms. The Bertz CT molecular complexity index is 1090. The number of nitrogens with zero attached hydrogens (tertiary/aromatic N) is 4. The molecule has 1 N–H and O–H groups in total. The van der Waals surface area contributed by atoms with E-state index in [0.29, 0.717) is 23.2 Å². The third kappa shape index (κ3) is 4.31. The predicted octanol–water partition coefficient (Wildman–Crippen LogP) is 2.98. The monoisotopic (exact) mass is 403 g/mol. The normalized spacial score (nSPS) is 12.5. The van der Waals surface area contributed by atoms with Gasteiger partial charge in [-0.15, -0.1) is 10.2 Å². The Kier molecular flexibility index (Phi) is 5.16. The zero-order chi connectivity index (χ0) is 20.7. The number of aryl methyl sites for hydroxylation is 2. The van der Waals surface area contributed by atoms with Crippen LogP contribution in [-0.2, 0) is 16.6 Å². The summed E-state index contributed by atoms with van der Waals surface area (Å²) in [6.07, 6.45) is 0. The van der Waals surface area contributed by atoms with Gasteiger partial charge >= 0.3 is 0 Å². The van der Waals surface area contributed by atoms with E-state index in [2.05, 4.69) is 20.0 Å². The average molecular weight is 404 g/mol. The summed E-state index contributed by atoms with van der Waals surface area (Å²) in [5.74, 6) is 0.771. The van der Waals surface area contributed by atoms with E-state index >= 15 is 0 Å². The first-order valence-corrected chi connectivity index (χ1v) is 10.4. The first-order chi connectivity index (χ1) is 13.0. The molecule has 0 saturated carbocycles. The predicted molar refractivity (Wildman–Crippen MR) is 105 cm³/mol. The number of rotatable bonds is 5. The zero-order valence-corrected chi connectivity index (χ0v) is 17.8. The molecule has 0 fully saturated rings. The van der Waals surface area contributed by atoms with Gasteiger partial charge in [-0.05, 0) is 53.7 Å². The third-order valence-electron chi connectivity index (χ3n) is 4.07. The van der Waals surface area contributed by atoms with E-state index in [9.17, 15) is 8.42 Å². The first kappa shape index (κ1) is 20.2. The molecular weight excluding hydrogens is 378 g/mol. The molecular formula is C19H25N5O3S. The summed E-state index contributed by atoms with van der Waals surface area (Å²) in [6, 6.07) is 7.77. The maximum atomic E-state index is 12.8. The number of hydrogen-bond donors (Lipinski definition) is 1. The highest BCUT2D eigenvalue weighted by molar-refractivity contribution is 7.89. The van der Waals surface area contributed by atoms with Gasteiger partial charge in [0.1, 0.15) is 11.4 Å². The Morgan fingerprint density at radius 3 is 2.32 bits per heavy atom. The SMILES string of the molecule is Cc1ccc(-c2nnc(Cn3nc(C)c(S(=O)(=O)NC(C)(C)C)c3C)o2)cc1. The topological polar surface area (TPSA) is 103 Å². The fourth-order valence-electron chi connectivity index (χ4n) is 2.94. The molecule has 28 heavy (non-hydrogen) atoms. The lowest BCUT2D eigenvalue weighted by atomic mass is 10.1. The van der Waals surface area contributed by atoms with Crippen molar-refractivity contribution in [1.29, 1.82) is 0 Å². The number of hydrogen-bond acceptors (Lipinski definition) is 6. The lowest BCUT2D eigenvalue weighted by Gasteiger charge is -2.20. The molecule has 0 aliphatic heterocycles. The second-order valence-corrected chi connectivity index (χ2v) is 9.50. The van der Waals surface area contributed by atoms with Crippen LogP contribution in [0.25, 0.3) is 11.5 Å². The zero-order valence-electron chi connectivity index (χ0n) is 16.9. The quantitative estimate of drug-likeness (QED) is 0.702. The van der Waals surface area contributed by atoms with E-state index in [-0.39, 0.29) is 11.4 Å². The number of nitrogens with one attached hydrogen (secondary N) is 1. The minimum Gasteiger partial charge on any atom is -0.419 e. The molecule has 0 aliphatic rings. The maximum absolute atomic E-state index is 12.8. The number of sulfonamides is 1. The Morgan fingerprint density at radius 2 is 1.71 bits per heavy atom. The fraction of sp³-hybridized carbons (Fsp3) is 0.421. The van der Waals surface area contributed by atoms with Crippen LogP contribution in [0, 0.1) is 20.8 Å². The van der Waals surface area contributed by atoms with Crippen LogP contribution in [0.1, 0.15) is 43.6 Å². The van der Waals surface area contributed by atoms with E-state index in [1.807, 2.05) is 31.2 Å². The highest BCUT2D eigenvalue weighted by Crippen LogP contribution is 2.23. The van der Waals surface area contributed by atoms with Crippen molar-refractivity contribution in [3.8, 4) is 11.5 Å². The van der Waals surface area contributed by atoms with Crippen LogP contribution in [0.4, 0.5) is 0 Å². The van der Waals surface area contributed by atoms with Crippen molar-refractivity contribution in [2.45, 2.75) is 58.5 Å². The van der Waals surface area contributed by atoms with Crippen molar-refractivity contribution >= 4 is 10.0 Å². The van der Waals surface area contributed by atoms with E-state index in [1.165, 1.54) is 0 Å². The van der Waals surface area contributed by atoms with Gasteiger partial charge in [-0.2, -0.15) is 5.10 Å². The van der Waals surface area contributed by atoms with Crippen molar-refractivity contribution in [2.75, 3.05) is 0 Å². The van der Waals surface area contributed by atoms with Gasteiger partial charge in [-0.1, -0.05) is 17.7 Å². The van der Waals surface area contributed by atoms with Crippen LogP contribution in [0.2, 0.25) is 0 Å². The van der Waals surface area contributed by atoms with Gasteiger partial charge in [0.05, 0.1) is 11.4 Å². The molecule has 3 rings (SSSR count). The van der Waals surface area contributed by atoms with Crippen LogP contribution in [-0.4, -0.2) is 33.9 Å². The molecule has 0 unspecified atom stereocenters. The van der Waals surface area contributed by atoms with E-state index < -0.39 is 15.6 Å². The molecule has 2 heterocycles. The highest BCUT2D eigenvalue weighted by Gasteiger charge is 2.29. The van der Waals surface area contributed by atoms with Gasteiger partial charge in [-0.25, -0.2) is 13.1 Å². The number of aromatic nitrogens is 4. The number of benzene rings is 1. The van der Waals surface area contributed by atoms with Gasteiger partial charge in [0, 0.05) is 11.1 Å². The first-order valence-electron chi connectivity index (χ1n) is 8.94. The smallest absolute Gasteiger partial charge is 0.247 e. The lowest BCUT2D eigenvalue weighted by Crippen LogP contribution is -2.40. The molecule has 9 heteroatoms. The molecule has 150 valence electrons. The minimum atomic E-state index is -3.69. The summed E-state index contributed by atoms with van der Waals surface area (Å²) in [5, 5.41) is 12.5. The van der Waals surface area contributed by atoms with Crippen molar-refractivity contribution < 1.29 is 12.8 Å². The molecule has 3 aromatic rings. The minimum absolute atomic E-state index is 0.181. The second kappa shape index (κ2) is 7.14. The van der Waals surface area contributed by atoms with Crippen molar-refractivity contribution in [3.63, 3.8) is 0 Å². The highest BCUT2D eigenvalue weighted by atomic mass is 32.2. The van der Waals surface area contributed by atoms with Crippen LogP contribution in [0.15, 0.2) is 33.6 Å². The van der Waals surface area contributed by atoms with Crippen LogP contribution >= 0.6 is 0 Å². The van der Waals surface area contributed by atoms with E-state index in [4.69, 9.17) is 4.42 Å². The van der Waals surface area contributed by atoms with Crippen LogP contribution in [0.3, 0.4) is 0 Å². The van der Waals surface area contributed by atoms with E-state index in [0.717, 1.165) is 11.1 Å². The fourth-order valence-corrected chi connectivity index (χ4v) is 4.77. The van der Waals surface area contributed by atoms with Crippen LogP contribution in [0.5, 0.6) is 0 Å². The summed E-state index contributed by atoms with van der Waals surface area (Å²) in [7, 11) is -3.69. The summed E-state index contributed by atoms with van der Waals surface area (Å²) < 4.78 is 35.5. The van der Waals surface area contributed by atoms with Crippen molar-refractivity contribution in [1.82, 2.24) is 24.7 Å². The molecule has 0 radical (unpaired) electrons. The molecule has 0 amide bonds. The Morgan fingerprint density at radius 1 is 1.07 bits per heavy atom. The molecule has 0 saturated heterocycles. The van der Waals surface area contributed by atoms with Gasteiger partial charge in [0.15, 0.2) is 0 Å². The molecule has 0 aliphatic carbocycles. The Balaban J connectivity index is 1.88. The Hall–Kier alpha value is -2.52. The van der Waals surface area contributed by atoms with Gasteiger partial charge in [-0.3, -0.25) is 4.68 Å². The average Bonchev–Trinajstić information content (AvgIpc) is 3.11. The van der Waals surface area contributed by atoms with Gasteiger partial charge in [0.25, 0.3) is 0 Å². The standard InChI is InChI=1S/C19H25N5O3S/c1-12-7-9-15(10-8-12)18-21-20-16(27-18)11-24-14(3)17(13(2)22-24)28(25,26)23-19(4,5)6/h7-10,23H,11H2,1-6H3. The summed E-state index contributed by atoms with van der Waals surface area (Å²) in [6.45, 7) is 11.0. The molecule has 1 aromatic carbocycles. The van der Waals surface area contributed by atoms with Gasteiger partial charge in [0.2, 0.25) is 21.8 Å². The summed E-state index contributed by atoms with van der Waals surface area (Å²) >= 11 is 0. The van der Waals surface area contributed by atoms with E-state index in [1.54, 1.807) is 39.3 Å². The van der Waals surface area contributed by atoms with Crippen LogP contribution < -0.4 is 4.72 Å². The summed E-state index contributed by atoms with van der Waals surface area (Å²) in [4.78, 5) is 0.181. The molecule has 0 atom stereocenters. The maximum Gasteiger partial charge on any atom is 0.247 e. The molecule has 2 aromatic heterocycles. The summed E-state index contributed by atoms with van der Waals surface area (Å²) in [5.41, 5.74) is 2.32. The lowest BCUT2D eigenvalue weighted by molar-refractivity contribution is 0.468. The van der Waals surface area contributed by atoms with Crippen molar-refractivity contribution in [2.24, 2.45) is 0 Å². The van der Waals surface area contributed by atoms with Crippen molar-refractivity contribution in [3.05, 3.63) is 47.1 Å². The largest absolute Gasteiger partial charge is 0.419 e. The van der Waals surface area contributed by atoms with Gasteiger partial charge < -0.3 is 4.42 Å². The Labute approximate surface area is 165 Å². The third-order valence-corrected chi connectivity index (χ3v) is 6.08. The second-order valence-electron chi connectivity index (χ2n) is 7.88.